The fourth-order valence-electron chi connectivity index (χ4n) is 5.59. The van der Waals surface area contributed by atoms with Crippen molar-refractivity contribution in [2.45, 2.75) is 65.5 Å². The van der Waals surface area contributed by atoms with E-state index in [0.29, 0.717) is 19.0 Å². The number of allylic oxidation sites excluding steroid dienone is 5. The first-order valence-corrected chi connectivity index (χ1v) is 13.9. The third kappa shape index (κ3) is 5.75. The fraction of sp³-hybridized carbons (Fsp3) is 0.419. The Labute approximate surface area is 230 Å². The molecular formula is C31H37ClN4O2. The number of ether oxygens (including phenoxy) is 1. The van der Waals surface area contributed by atoms with Gasteiger partial charge in [0.05, 0.1) is 6.33 Å². The molecule has 3 aliphatic rings. The molecule has 200 valence electrons. The first kappa shape index (κ1) is 26.4. The van der Waals surface area contributed by atoms with E-state index >= 15 is 0 Å². The van der Waals surface area contributed by atoms with Crippen LogP contribution in [-0.2, 0) is 11.3 Å². The first-order chi connectivity index (χ1) is 18.2. The number of halogens is 1. The number of aryl methyl sites for hydroxylation is 2. The van der Waals surface area contributed by atoms with E-state index in [0.717, 1.165) is 42.9 Å². The molecule has 1 aromatic carbocycles. The number of amides is 1. The molecule has 0 radical (unpaired) electrons. The molecule has 1 saturated heterocycles. The second-order valence-corrected chi connectivity index (χ2v) is 11.8. The largest absolute Gasteiger partial charge is 0.444 e. The Hall–Kier alpha value is -3.25. The zero-order valence-electron chi connectivity index (χ0n) is 22.8. The normalized spacial score (nSPS) is 17.8. The summed E-state index contributed by atoms with van der Waals surface area (Å²) in [6, 6.07) is 6.29. The van der Waals surface area contributed by atoms with Crippen molar-refractivity contribution >= 4 is 28.8 Å². The molecule has 2 aromatic rings. The lowest BCUT2D eigenvalue weighted by Crippen LogP contribution is -2.42. The highest BCUT2D eigenvalue weighted by molar-refractivity contribution is 6.30. The maximum atomic E-state index is 12.7. The number of aromatic nitrogens is 2. The summed E-state index contributed by atoms with van der Waals surface area (Å²) in [7, 11) is 0. The average Bonchev–Trinajstić information content (AvgIpc) is 3.23. The molecule has 3 heterocycles. The topological polar surface area (TPSA) is 59.4 Å². The third-order valence-corrected chi connectivity index (χ3v) is 7.66. The van der Waals surface area contributed by atoms with Crippen molar-refractivity contribution in [1.82, 2.24) is 19.8 Å². The van der Waals surface area contributed by atoms with Crippen LogP contribution in [0.3, 0.4) is 0 Å². The average molecular weight is 533 g/mol. The molecule has 1 aromatic heterocycles. The van der Waals surface area contributed by atoms with Crippen LogP contribution in [0, 0.1) is 12.8 Å². The van der Waals surface area contributed by atoms with Crippen LogP contribution in [-0.4, -0.2) is 39.2 Å². The van der Waals surface area contributed by atoms with Crippen molar-refractivity contribution in [2.75, 3.05) is 13.1 Å². The highest BCUT2D eigenvalue weighted by Crippen LogP contribution is 2.44. The van der Waals surface area contributed by atoms with E-state index in [4.69, 9.17) is 16.3 Å². The van der Waals surface area contributed by atoms with Crippen LogP contribution >= 0.6 is 11.6 Å². The zero-order valence-corrected chi connectivity index (χ0v) is 23.5. The van der Waals surface area contributed by atoms with Crippen LogP contribution in [0.2, 0.25) is 5.02 Å². The minimum Gasteiger partial charge on any atom is -0.444 e. The first-order valence-electron chi connectivity index (χ1n) is 13.5. The molecule has 0 bridgehead atoms. The molecule has 2 aliphatic heterocycles. The van der Waals surface area contributed by atoms with E-state index < -0.39 is 5.60 Å². The minimum absolute atomic E-state index is 0.224. The van der Waals surface area contributed by atoms with E-state index in [1.54, 1.807) is 0 Å². The lowest BCUT2D eigenvalue weighted by Gasteiger charge is -2.35. The standard InChI is InChI=1S/C31H37ClN4O2/c1-21-19-33-20-36(21)14-6-8-23-17-24-7-5-13-34-29(24)28(26-10-9-25(32)18-27(23)26)22-11-15-35(16-12-22)30(37)38-31(2,3)4/h5,7,9-10,13,17-20,22,34H,6,8,11-12,14-16H2,1-4H3. The highest BCUT2D eigenvalue weighted by Gasteiger charge is 2.33. The molecule has 0 unspecified atom stereocenters. The SMILES string of the molecule is Cc1cncn1CCCC1=CC2=CC=CNC2=C(C2CCN(C(=O)OC(C)(C)C)CC2)c2ccc(Cl)cc21. The summed E-state index contributed by atoms with van der Waals surface area (Å²) in [5, 5.41) is 4.32. The van der Waals surface area contributed by atoms with Crippen molar-refractivity contribution in [2.24, 2.45) is 5.92 Å². The van der Waals surface area contributed by atoms with Gasteiger partial charge in [0.1, 0.15) is 5.60 Å². The minimum atomic E-state index is -0.491. The molecule has 5 rings (SSSR count). The van der Waals surface area contributed by atoms with Crippen molar-refractivity contribution in [3.05, 3.63) is 88.3 Å². The fourth-order valence-corrected chi connectivity index (χ4v) is 5.76. The van der Waals surface area contributed by atoms with Gasteiger partial charge in [-0.15, -0.1) is 0 Å². The van der Waals surface area contributed by atoms with Gasteiger partial charge in [0, 0.05) is 48.4 Å². The van der Waals surface area contributed by atoms with E-state index in [9.17, 15) is 4.79 Å². The molecule has 0 atom stereocenters. The number of rotatable bonds is 5. The molecule has 0 saturated carbocycles. The number of carbonyl (C=O) groups excluding carboxylic acids is 1. The summed E-state index contributed by atoms with van der Waals surface area (Å²) in [6.07, 6.45) is 15.9. The van der Waals surface area contributed by atoms with Gasteiger partial charge in [-0.3, -0.25) is 0 Å². The van der Waals surface area contributed by atoms with Crippen LogP contribution in [0.4, 0.5) is 4.79 Å². The Kier molecular flexibility index (Phi) is 7.53. The third-order valence-electron chi connectivity index (χ3n) is 7.43. The molecule has 38 heavy (non-hydrogen) atoms. The van der Waals surface area contributed by atoms with E-state index in [1.807, 2.05) is 50.5 Å². The second-order valence-electron chi connectivity index (χ2n) is 11.3. The molecule has 1 aliphatic carbocycles. The Morgan fingerprint density at radius 1 is 1.21 bits per heavy atom. The number of likely N-dealkylation sites (tertiary alicyclic amines) is 1. The summed E-state index contributed by atoms with van der Waals surface area (Å²) in [4.78, 5) is 18.8. The van der Waals surface area contributed by atoms with Gasteiger partial charge >= 0.3 is 6.09 Å². The number of carbonyl (C=O) groups is 1. The maximum absolute atomic E-state index is 12.7. The predicted molar refractivity (Wildman–Crippen MR) is 153 cm³/mol. The van der Waals surface area contributed by atoms with Crippen molar-refractivity contribution in [3.63, 3.8) is 0 Å². The molecule has 6 nitrogen and oxygen atoms in total. The summed E-state index contributed by atoms with van der Waals surface area (Å²) < 4.78 is 7.84. The lowest BCUT2D eigenvalue weighted by molar-refractivity contribution is 0.0199. The van der Waals surface area contributed by atoms with Gasteiger partial charge in [-0.05, 0) is 111 Å². The number of benzene rings is 1. The van der Waals surface area contributed by atoms with E-state index in [-0.39, 0.29) is 6.09 Å². The molecule has 0 spiro atoms. The van der Waals surface area contributed by atoms with Crippen LogP contribution in [0.5, 0.6) is 0 Å². The van der Waals surface area contributed by atoms with Crippen molar-refractivity contribution in [1.29, 1.82) is 0 Å². The van der Waals surface area contributed by atoms with Crippen LogP contribution < -0.4 is 5.32 Å². The Bertz CT molecular complexity index is 1330. The predicted octanol–water partition coefficient (Wildman–Crippen LogP) is 7.12. The van der Waals surface area contributed by atoms with Crippen LogP contribution in [0.25, 0.3) is 11.1 Å². The number of hydrogen-bond acceptors (Lipinski definition) is 4. The number of nitrogens with one attached hydrogen (secondary N) is 1. The van der Waals surface area contributed by atoms with Gasteiger partial charge in [0.15, 0.2) is 0 Å². The number of piperidine rings is 1. The van der Waals surface area contributed by atoms with Crippen LogP contribution in [0.1, 0.15) is 63.3 Å². The summed E-state index contributed by atoms with van der Waals surface area (Å²) in [5.74, 6) is 0.312. The number of nitrogens with zero attached hydrogens (tertiary/aromatic N) is 3. The monoisotopic (exact) mass is 532 g/mol. The van der Waals surface area contributed by atoms with Gasteiger partial charge in [-0.1, -0.05) is 23.7 Å². The summed E-state index contributed by atoms with van der Waals surface area (Å²) in [5.41, 5.74) is 8.08. The van der Waals surface area contributed by atoms with Gasteiger partial charge in [0.25, 0.3) is 0 Å². The zero-order chi connectivity index (χ0) is 26.9. The van der Waals surface area contributed by atoms with Gasteiger partial charge in [-0.25, -0.2) is 9.78 Å². The Morgan fingerprint density at radius 2 is 2.00 bits per heavy atom. The maximum Gasteiger partial charge on any atom is 0.410 e. The molecule has 1 amide bonds. The number of hydrogen-bond donors (Lipinski definition) is 1. The van der Waals surface area contributed by atoms with E-state index in [2.05, 4.69) is 52.2 Å². The molecule has 1 N–H and O–H groups in total. The lowest BCUT2D eigenvalue weighted by atomic mass is 9.81. The van der Waals surface area contributed by atoms with Gasteiger partial charge < -0.3 is 19.5 Å². The van der Waals surface area contributed by atoms with Crippen molar-refractivity contribution < 1.29 is 9.53 Å². The quantitative estimate of drug-likeness (QED) is 0.445. The smallest absolute Gasteiger partial charge is 0.410 e. The van der Waals surface area contributed by atoms with Crippen molar-refractivity contribution in [3.8, 4) is 0 Å². The van der Waals surface area contributed by atoms with Crippen LogP contribution in [0.15, 0.2) is 66.4 Å². The molecular weight excluding hydrogens is 496 g/mol. The number of dihydropyridines is 1. The Morgan fingerprint density at radius 3 is 2.71 bits per heavy atom. The molecule has 7 heteroatoms. The van der Waals surface area contributed by atoms with Gasteiger partial charge in [0.2, 0.25) is 0 Å². The summed E-state index contributed by atoms with van der Waals surface area (Å²) in [6.45, 7) is 10.1. The second kappa shape index (κ2) is 10.9. The number of imidazole rings is 1. The number of fused-ring (bicyclic) bond motifs is 2. The van der Waals surface area contributed by atoms with E-state index in [1.165, 1.54) is 33.5 Å². The Balaban J connectivity index is 1.43. The highest BCUT2D eigenvalue weighted by atomic mass is 35.5. The summed E-state index contributed by atoms with van der Waals surface area (Å²) >= 11 is 6.57. The van der Waals surface area contributed by atoms with Gasteiger partial charge in [-0.2, -0.15) is 0 Å². The molecule has 1 fully saturated rings.